The predicted octanol–water partition coefficient (Wildman–Crippen LogP) is 2.94. The fourth-order valence-corrected chi connectivity index (χ4v) is 3.79. The summed E-state index contributed by atoms with van der Waals surface area (Å²) in [6.07, 6.45) is 21.7. The monoisotopic (exact) mass is 414 g/mol. The smallest absolute Gasteiger partial charge is 0.748 e. The summed E-state index contributed by atoms with van der Waals surface area (Å²) in [5, 5.41) is 7.98. The topological polar surface area (TPSA) is 77.4 Å². The van der Waals surface area contributed by atoms with Crippen LogP contribution in [0.2, 0.25) is 0 Å². The summed E-state index contributed by atoms with van der Waals surface area (Å²) in [5.41, 5.74) is 0. The van der Waals surface area contributed by atoms with Crippen LogP contribution in [-0.2, 0) is 10.1 Å². The molecule has 0 aliphatic carbocycles. The molecule has 158 valence electrons. The molecule has 0 bridgehead atoms. The summed E-state index contributed by atoms with van der Waals surface area (Å²) in [6, 6.07) is 0. The molecule has 0 saturated heterocycles. The maximum atomic E-state index is 10.8. The average molecular weight is 415 g/mol. The molecule has 0 aliphatic rings. The first-order valence-corrected chi connectivity index (χ1v) is 12.5. The number of hydrogen-bond donors (Lipinski definition) is 1. The van der Waals surface area contributed by atoms with Gasteiger partial charge in [0.2, 0.25) is 0 Å². The van der Waals surface area contributed by atoms with Gasteiger partial charge in [0, 0.05) is 11.9 Å². The Balaban J connectivity index is 0. The van der Waals surface area contributed by atoms with Crippen molar-refractivity contribution in [2.45, 2.75) is 128 Å². The molecule has 0 radical (unpaired) electrons. The van der Waals surface area contributed by atoms with E-state index in [1.165, 1.54) is 90.4 Å². The van der Waals surface area contributed by atoms with Crippen molar-refractivity contribution in [1.82, 2.24) is 0 Å². The molecule has 0 spiro atoms. The molecule has 0 amide bonds. The van der Waals surface area contributed by atoms with Gasteiger partial charge in [-0.2, -0.15) is 0 Å². The Kier molecular flexibility index (Phi) is 24.0. The van der Waals surface area contributed by atoms with E-state index in [0.29, 0.717) is 13.0 Å². The summed E-state index contributed by atoms with van der Waals surface area (Å²) in [6.45, 7) is 1.86. The largest absolute Gasteiger partial charge is 1.00 e. The molecule has 0 aliphatic heterocycles. The van der Waals surface area contributed by atoms with Crippen LogP contribution in [0.4, 0.5) is 0 Å². The van der Waals surface area contributed by atoms with E-state index in [0.717, 1.165) is 25.7 Å². The maximum Gasteiger partial charge on any atom is 1.00 e. The summed E-state index contributed by atoms with van der Waals surface area (Å²) in [5.74, 6) is 0. The van der Waals surface area contributed by atoms with Crippen LogP contribution in [-0.4, -0.2) is 29.9 Å². The molecule has 0 saturated carbocycles. The SMILES string of the molecule is CC(CCCCCCCCCCCCCCCCCCCO)S(=O)(=O)[O-].[Na+]. The van der Waals surface area contributed by atoms with Crippen molar-refractivity contribution < 1.29 is 47.6 Å². The van der Waals surface area contributed by atoms with Crippen molar-refractivity contribution in [2.24, 2.45) is 0 Å². The molecular formula is C21H43NaO4S. The zero-order chi connectivity index (χ0) is 19.5. The van der Waals surface area contributed by atoms with Gasteiger partial charge in [0.25, 0.3) is 0 Å². The minimum absolute atomic E-state index is 0. The van der Waals surface area contributed by atoms with E-state index in [4.69, 9.17) is 5.11 Å². The van der Waals surface area contributed by atoms with Gasteiger partial charge in [0.15, 0.2) is 0 Å². The molecule has 1 atom stereocenters. The molecule has 1 N–H and O–H groups in total. The van der Waals surface area contributed by atoms with Gasteiger partial charge in [0.05, 0.1) is 10.1 Å². The van der Waals surface area contributed by atoms with Crippen LogP contribution < -0.4 is 29.6 Å². The summed E-state index contributed by atoms with van der Waals surface area (Å²) >= 11 is 0. The maximum absolute atomic E-state index is 10.8. The number of hydrogen-bond acceptors (Lipinski definition) is 4. The van der Waals surface area contributed by atoms with Crippen molar-refractivity contribution in [1.29, 1.82) is 0 Å². The Hall–Kier alpha value is 0.870. The molecular weight excluding hydrogens is 371 g/mol. The van der Waals surface area contributed by atoms with E-state index >= 15 is 0 Å². The van der Waals surface area contributed by atoms with E-state index < -0.39 is 15.4 Å². The first-order valence-electron chi connectivity index (χ1n) is 11.0. The van der Waals surface area contributed by atoms with Crippen LogP contribution in [0.15, 0.2) is 0 Å². The first kappa shape index (κ1) is 30.1. The van der Waals surface area contributed by atoms with Gasteiger partial charge in [0.1, 0.15) is 0 Å². The molecule has 0 rings (SSSR count). The van der Waals surface area contributed by atoms with Gasteiger partial charge in [-0.25, -0.2) is 8.42 Å². The van der Waals surface area contributed by atoms with Crippen molar-refractivity contribution in [3.05, 3.63) is 0 Å². The van der Waals surface area contributed by atoms with Gasteiger partial charge < -0.3 is 9.66 Å². The minimum atomic E-state index is -4.08. The normalized spacial score (nSPS) is 12.7. The second-order valence-electron chi connectivity index (χ2n) is 7.83. The van der Waals surface area contributed by atoms with Crippen molar-refractivity contribution in [3.63, 3.8) is 0 Å². The van der Waals surface area contributed by atoms with Gasteiger partial charge in [-0.15, -0.1) is 0 Å². The zero-order valence-corrected chi connectivity index (χ0v) is 20.9. The molecule has 4 nitrogen and oxygen atoms in total. The van der Waals surface area contributed by atoms with E-state index in [9.17, 15) is 13.0 Å². The van der Waals surface area contributed by atoms with E-state index in [1.807, 2.05) is 0 Å². The van der Waals surface area contributed by atoms with Crippen LogP contribution in [0.5, 0.6) is 0 Å². The van der Waals surface area contributed by atoms with Gasteiger partial charge >= 0.3 is 29.6 Å². The van der Waals surface area contributed by atoms with Crippen molar-refractivity contribution in [3.8, 4) is 0 Å². The second kappa shape index (κ2) is 21.6. The second-order valence-corrected chi connectivity index (χ2v) is 9.62. The third-order valence-electron chi connectivity index (χ3n) is 5.26. The number of unbranched alkanes of at least 4 members (excludes halogenated alkanes) is 16. The summed E-state index contributed by atoms with van der Waals surface area (Å²) < 4.78 is 32.3. The molecule has 6 heteroatoms. The molecule has 0 fully saturated rings. The third kappa shape index (κ3) is 23.0. The van der Waals surface area contributed by atoms with Crippen LogP contribution >= 0.6 is 0 Å². The van der Waals surface area contributed by atoms with Gasteiger partial charge in [-0.1, -0.05) is 103 Å². The Labute approximate surface area is 191 Å². The van der Waals surface area contributed by atoms with Crippen LogP contribution in [0, 0.1) is 0 Å². The predicted molar refractivity (Wildman–Crippen MR) is 109 cm³/mol. The number of aliphatic hydroxyl groups excluding tert-OH is 1. The molecule has 0 heterocycles. The summed E-state index contributed by atoms with van der Waals surface area (Å²) in [4.78, 5) is 0. The Morgan fingerprint density at radius 3 is 1.15 bits per heavy atom. The van der Waals surface area contributed by atoms with Crippen LogP contribution in [0.25, 0.3) is 0 Å². The standard InChI is InChI=1S/C21H44O4S.Na/c1-21(26(23,24)25)19-17-15-13-11-9-7-5-3-2-4-6-8-10-12-14-16-18-20-22;/h21-22H,2-20H2,1H3,(H,23,24,25);/q;+1/p-1. The first-order chi connectivity index (χ1) is 12.5. The third-order valence-corrected chi connectivity index (χ3v) is 6.48. The van der Waals surface area contributed by atoms with Gasteiger partial charge in [-0.05, 0) is 19.8 Å². The fourth-order valence-electron chi connectivity index (χ4n) is 3.34. The number of aliphatic hydroxyl groups is 1. The van der Waals surface area contributed by atoms with Gasteiger partial charge in [-0.3, -0.25) is 0 Å². The Morgan fingerprint density at radius 2 is 0.889 bits per heavy atom. The van der Waals surface area contributed by atoms with Crippen molar-refractivity contribution in [2.75, 3.05) is 6.61 Å². The average Bonchev–Trinajstić information content (AvgIpc) is 2.59. The summed E-state index contributed by atoms with van der Waals surface area (Å²) in [7, 11) is -4.08. The molecule has 0 aromatic heterocycles. The number of rotatable bonds is 20. The van der Waals surface area contributed by atoms with E-state index in [1.54, 1.807) is 0 Å². The quantitative estimate of drug-likeness (QED) is 0.189. The molecule has 0 aromatic carbocycles. The fraction of sp³-hybridized carbons (Fsp3) is 1.00. The minimum Gasteiger partial charge on any atom is -0.748 e. The van der Waals surface area contributed by atoms with E-state index in [-0.39, 0.29) is 29.6 Å². The molecule has 27 heavy (non-hydrogen) atoms. The Morgan fingerprint density at radius 1 is 0.630 bits per heavy atom. The molecule has 1 unspecified atom stereocenters. The van der Waals surface area contributed by atoms with Crippen molar-refractivity contribution >= 4 is 10.1 Å². The Bertz CT molecular complexity index is 388. The molecule has 0 aromatic rings. The van der Waals surface area contributed by atoms with E-state index in [2.05, 4.69) is 0 Å². The zero-order valence-electron chi connectivity index (χ0n) is 18.1. The van der Waals surface area contributed by atoms with Crippen LogP contribution in [0.3, 0.4) is 0 Å². The van der Waals surface area contributed by atoms with Crippen LogP contribution in [0.1, 0.15) is 122 Å².